The number of hydrogen-bond donors (Lipinski definition) is 2. The molecule has 0 fully saturated rings. The molecule has 112 valence electrons. The first-order chi connectivity index (χ1) is 9.49. The molecule has 5 heteroatoms. The van der Waals surface area contributed by atoms with Gasteiger partial charge in [0.05, 0.1) is 6.04 Å². The summed E-state index contributed by atoms with van der Waals surface area (Å²) in [5, 5.41) is 2.83. The highest BCUT2D eigenvalue weighted by Crippen LogP contribution is 2.05. The highest BCUT2D eigenvalue weighted by atomic mass is 19.1. The van der Waals surface area contributed by atoms with E-state index in [1.807, 2.05) is 14.1 Å². The van der Waals surface area contributed by atoms with Gasteiger partial charge in [-0.3, -0.25) is 4.79 Å². The fourth-order valence-electron chi connectivity index (χ4n) is 1.86. The smallest absolute Gasteiger partial charge is 0.237 e. The van der Waals surface area contributed by atoms with Crippen LogP contribution in [-0.4, -0.2) is 44.0 Å². The Morgan fingerprint density at radius 2 is 1.95 bits per heavy atom. The Hall–Kier alpha value is -1.46. The van der Waals surface area contributed by atoms with E-state index in [2.05, 4.69) is 10.2 Å². The van der Waals surface area contributed by atoms with Crippen molar-refractivity contribution in [3.8, 4) is 0 Å². The van der Waals surface area contributed by atoms with Crippen molar-refractivity contribution in [3.05, 3.63) is 35.6 Å². The minimum Gasteiger partial charge on any atom is -0.355 e. The molecule has 0 aliphatic heterocycles. The molecule has 0 unspecified atom stereocenters. The van der Waals surface area contributed by atoms with E-state index in [1.165, 1.54) is 12.1 Å². The first-order valence-corrected chi connectivity index (χ1v) is 6.91. The van der Waals surface area contributed by atoms with Crippen LogP contribution < -0.4 is 11.1 Å². The average molecular weight is 281 g/mol. The van der Waals surface area contributed by atoms with E-state index in [0.29, 0.717) is 13.0 Å². The Bertz CT molecular complexity index is 406. The van der Waals surface area contributed by atoms with Crippen LogP contribution in [0, 0.1) is 5.82 Å². The van der Waals surface area contributed by atoms with Crippen LogP contribution in [0.15, 0.2) is 24.3 Å². The summed E-state index contributed by atoms with van der Waals surface area (Å²) >= 11 is 0. The second-order valence-corrected chi connectivity index (χ2v) is 5.24. The molecule has 1 aromatic rings. The van der Waals surface area contributed by atoms with Gasteiger partial charge >= 0.3 is 0 Å². The maximum atomic E-state index is 12.8. The number of hydrogen-bond acceptors (Lipinski definition) is 3. The van der Waals surface area contributed by atoms with Crippen LogP contribution in [0.5, 0.6) is 0 Å². The molecule has 0 radical (unpaired) electrons. The quantitative estimate of drug-likeness (QED) is 0.703. The van der Waals surface area contributed by atoms with Crippen LogP contribution in [0.2, 0.25) is 0 Å². The summed E-state index contributed by atoms with van der Waals surface area (Å²) in [6.45, 7) is 1.65. The number of nitrogens with zero attached hydrogens (tertiary/aromatic N) is 1. The summed E-state index contributed by atoms with van der Waals surface area (Å²) in [5.41, 5.74) is 6.70. The van der Waals surface area contributed by atoms with Crippen molar-refractivity contribution < 1.29 is 9.18 Å². The number of nitrogens with one attached hydrogen (secondary N) is 1. The van der Waals surface area contributed by atoms with E-state index in [-0.39, 0.29) is 11.7 Å². The minimum atomic E-state index is -0.589. The molecule has 0 bridgehead atoms. The summed E-state index contributed by atoms with van der Waals surface area (Å²) in [5.74, 6) is -0.438. The van der Waals surface area contributed by atoms with Gasteiger partial charge in [-0.15, -0.1) is 0 Å². The normalized spacial score (nSPS) is 12.4. The number of carbonyl (C=O) groups is 1. The highest BCUT2D eigenvalue weighted by molar-refractivity contribution is 5.81. The van der Waals surface area contributed by atoms with Crippen molar-refractivity contribution in [1.82, 2.24) is 10.2 Å². The molecule has 0 aromatic heterocycles. The Kier molecular flexibility index (Phi) is 7.18. The topological polar surface area (TPSA) is 58.4 Å². The summed E-state index contributed by atoms with van der Waals surface area (Å²) in [4.78, 5) is 13.9. The molecule has 0 aliphatic rings. The SMILES string of the molecule is CN(C)CCCCNC(=O)[C@@H](N)Cc1ccc(F)cc1. The lowest BCUT2D eigenvalue weighted by Gasteiger charge is -2.13. The molecular weight excluding hydrogens is 257 g/mol. The number of benzene rings is 1. The lowest BCUT2D eigenvalue weighted by atomic mass is 10.1. The largest absolute Gasteiger partial charge is 0.355 e. The number of nitrogens with two attached hydrogens (primary N) is 1. The number of amides is 1. The first kappa shape index (κ1) is 16.6. The molecule has 1 rings (SSSR count). The van der Waals surface area contributed by atoms with Crippen LogP contribution in [0.1, 0.15) is 18.4 Å². The van der Waals surface area contributed by atoms with E-state index >= 15 is 0 Å². The third-order valence-electron chi connectivity index (χ3n) is 3.04. The van der Waals surface area contributed by atoms with Crippen molar-refractivity contribution >= 4 is 5.91 Å². The Balaban J connectivity index is 2.23. The maximum absolute atomic E-state index is 12.8. The van der Waals surface area contributed by atoms with Gasteiger partial charge < -0.3 is 16.0 Å². The molecule has 0 saturated heterocycles. The summed E-state index contributed by atoms with van der Waals surface area (Å²) in [6.07, 6.45) is 2.40. The van der Waals surface area contributed by atoms with Gasteiger partial charge in [0.2, 0.25) is 5.91 Å². The average Bonchev–Trinajstić information content (AvgIpc) is 2.40. The van der Waals surface area contributed by atoms with Crippen molar-refractivity contribution in [3.63, 3.8) is 0 Å². The van der Waals surface area contributed by atoms with Gasteiger partial charge in [0.1, 0.15) is 5.82 Å². The first-order valence-electron chi connectivity index (χ1n) is 6.91. The van der Waals surface area contributed by atoms with E-state index < -0.39 is 6.04 Å². The number of unbranched alkanes of at least 4 members (excludes halogenated alkanes) is 1. The Labute approximate surface area is 120 Å². The van der Waals surface area contributed by atoms with Gasteiger partial charge in [0, 0.05) is 6.54 Å². The molecule has 0 saturated carbocycles. The van der Waals surface area contributed by atoms with Crippen molar-refractivity contribution in [2.45, 2.75) is 25.3 Å². The second-order valence-electron chi connectivity index (χ2n) is 5.24. The third kappa shape index (κ3) is 6.63. The van der Waals surface area contributed by atoms with Crippen LogP contribution >= 0.6 is 0 Å². The molecule has 0 heterocycles. The summed E-state index contributed by atoms with van der Waals surface area (Å²) < 4.78 is 12.8. The van der Waals surface area contributed by atoms with Crippen LogP contribution in [-0.2, 0) is 11.2 Å². The molecule has 20 heavy (non-hydrogen) atoms. The van der Waals surface area contributed by atoms with Gasteiger partial charge in [-0.05, 0) is 57.6 Å². The zero-order chi connectivity index (χ0) is 15.0. The lowest BCUT2D eigenvalue weighted by molar-refractivity contribution is -0.122. The van der Waals surface area contributed by atoms with E-state index in [4.69, 9.17) is 5.73 Å². The van der Waals surface area contributed by atoms with Gasteiger partial charge in [0.25, 0.3) is 0 Å². The van der Waals surface area contributed by atoms with E-state index in [9.17, 15) is 9.18 Å². The molecule has 4 nitrogen and oxygen atoms in total. The molecular formula is C15H24FN3O. The molecule has 3 N–H and O–H groups in total. The molecule has 0 aliphatic carbocycles. The van der Waals surface area contributed by atoms with Gasteiger partial charge in [-0.2, -0.15) is 0 Å². The van der Waals surface area contributed by atoms with Crippen LogP contribution in [0.4, 0.5) is 4.39 Å². The molecule has 1 atom stereocenters. The lowest BCUT2D eigenvalue weighted by Crippen LogP contribution is -2.42. The predicted molar refractivity (Wildman–Crippen MR) is 78.9 cm³/mol. The molecule has 1 amide bonds. The zero-order valence-electron chi connectivity index (χ0n) is 12.2. The predicted octanol–water partition coefficient (Wildman–Crippen LogP) is 1.15. The van der Waals surface area contributed by atoms with Crippen molar-refractivity contribution in [2.75, 3.05) is 27.2 Å². The monoisotopic (exact) mass is 281 g/mol. The summed E-state index contributed by atoms with van der Waals surface area (Å²) in [7, 11) is 4.05. The molecule has 1 aromatic carbocycles. The standard InChI is InChI=1S/C15H24FN3O/c1-19(2)10-4-3-9-18-15(20)14(17)11-12-5-7-13(16)8-6-12/h5-8,14H,3-4,9-11,17H2,1-2H3,(H,18,20)/t14-/m0/s1. The van der Waals surface area contributed by atoms with Crippen LogP contribution in [0.3, 0.4) is 0 Å². The number of carbonyl (C=O) groups excluding carboxylic acids is 1. The Morgan fingerprint density at radius 3 is 2.55 bits per heavy atom. The van der Waals surface area contributed by atoms with Gasteiger partial charge in [-0.25, -0.2) is 4.39 Å². The van der Waals surface area contributed by atoms with E-state index in [1.54, 1.807) is 12.1 Å². The van der Waals surface area contributed by atoms with Crippen molar-refractivity contribution in [1.29, 1.82) is 0 Å². The highest BCUT2D eigenvalue weighted by Gasteiger charge is 2.13. The number of rotatable bonds is 8. The van der Waals surface area contributed by atoms with E-state index in [0.717, 1.165) is 24.9 Å². The zero-order valence-corrected chi connectivity index (χ0v) is 12.2. The maximum Gasteiger partial charge on any atom is 0.237 e. The van der Waals surface area contributed by atoms with Crippen LogP contribution in [0.25, 0.3) is 0 Å². The number of halogens is 1. The van der Waals surface area contributed by atoms with Crippen molar-refractivity contribution in [2.24, 2.45) is 5.73 Å². The fourth-order valence-corrected chi connectivity index (χ4v) is 1.86. The minimum absolute atomic E-state index is 0.154. The van der Waals surface area contributed by atoms with Gasteiger partial charge in [0.15, 0.2) is 0 Å². The van der Waals surface area contributed by atoms with Gasteiger partial charge in [-0.1, -0.05) is 12.1 Å². The Morgan fingerprint density at radius 1 is 1.30 bits per heavy atom. The molecule has 0 spiro atoms. The summed E-state index contributed by atoms with van der Waals surface area (Å²) in [6, 6.07) is 5.47. The fraction of sp³-hybridized carbons (Fsp3) is 0.533. The second kappa shape index (κ2) is 8.66. The third-order valence-corrected chi connectivity index (χ3v) is 3.04.